The predicted molar refractivity (Wildman–Crippen MR) is 110 cm³/mol. The number of hydrogen-bond acceptors (Lipinski definition) is 4. The number of nitrogens with zero attached hydrogens (tertiary/aromatic N) is 4. The minimum absolute atomic E-state index is 0. The molecule has 0 unspecified atom stereocenters. The first-order chi connectivity index (χ1) is 11.7. The molecular weight excluding hydrogens is 431 g/mol. The molecule has 0 spiro atoms. The largest absolute Gasteiger partial charge is 0.385 e. The fraction of sp³-hybridized carbons (Fsp3) is 0.471. The van der Waals surface area contributed by atoms with E-state index in [-0.39, 0.29) is 24.0 Å². The Kier molecular flexibility index (Phi) is 10.1. The summed E-state index contributed by atoms with van der Waals surface area (Å²) in [4.78, 5) is 4.64. The van der Waals surface area contributed by atoms with Crippen LogP contribution in [0.5, 0.6) is 0 Å². The number of aryl methyl sites for hydroxylation is 1. The lowest BCUT2D eigenvalue weighted by molar-refractivity contribution is 0.195. The van der Waals surface area contributed by atoms with Gasteiger partial charge in [-0.05, 0) is 18.9 Å². The Morgan fingerprint density at radius 3 is 2.60 bits per heavy atom. The van der Waals surface area contributed by atoms with E-state index < -0.39 is 0 Å². The number of hydrogen-bond donors (Lipinski definition) is 2. The molecule has 1 aromatic heterocycles. The summed E-state index contributed by atoms with van der Waals surface area (Å²) in [5.74, 6) is 2.52. The molecule has 0 aliphatic rings. The van der Waals surface area contributed by atoms with Crippen LogP contribution in [0.25, 0.3) is 0 Å². The fourth-order valence-electron chi connectivity index (χ4n) is 2.12. The van der Waals surface area contributed by atoms with Crippen molar-refractivity contribution >= 4 is 29.9 Å². The summed E-state index contributed by atoms with van der Waals surface area (Å²) in [6.45, 7) is 4.65. The zero-order valence-electron chi connectivity index (χ0n) is 15.0. The Morgan fingerprint density at radius 1 is 1.20 bits per heavy atom. The lowest BCUT2D eigenvalue weighted by Crippen LogP contribution is -2.38. The Bertz CT molecular complexity index is 644. The van der Waals surface area contributed by atoms with E-state index in [1.54, 1.807) is 7.11 Å². The Morgan fingerprint density at radius 2 is 1.96 bits per heavy atom. The van der Waals surface area contributed by atoms with Gasteiger partial charge in [-0.3, -0.25) is 0 Å². The predicted octanol–water partition coefficient (Wildman–Crippen LogP) is 2.01. The first-order valence-electron chi connectivity index (χ1n) is 8.10. The molecule has 0 bridgehead atoms. The summed E-state index contributed by atoms with van der Waals surface area (Å²) < 4.78 is 7.04. The number of rotatable bonds is 8. The number of aromatic nitrogens is 3. The molecule has 2 aromatic rings. The van der Waals surface area contributed by atoms with Gasteiger partial charge in [0.25, 0.3) is 0 Å². The van der Waals surface area contributed by atoms with Crippen molar-refractivity contribution in [1.82, 2.24) is 25.4 Å². The highest BCUT2D eigenvalue weighted by atomic mass is 127. The monoisotopic (exact) mass is 458 g/mol. The average molecular weight is 458 g/mol. The quantitative estimate of drug-likeness (QED) is 0.274. The minimum atomic E-state index is 0. The summed E-state index contributed by atoms with van der Waals surface area (Å²) in [5.41, 5.74) is 1.17. The summed E-state index contributed by atoms with van der Waals surface area (Å²) in [5, 5.41) is 14.9. The third-order valence-electron chi connectivity index (χ3n) is 3.68. The number of ether oxygens (including phenoxy) is 1. The van der Waals surface area contributed by atoms with Crippen molar-refractivity contribution in [3.8, 4) is 0 Å². The topological polar surface area (TPSA) is 76.4 Å². The SMILES string of the molecule is COCCCNC(=NCc1ccccc1)NCc1nnc(C)n1C.I. The van der Waals surface area contributed by atoms with Crippen LogP contribution in [0.2, 0.25) is 0 Å². The van der Waals surface area contributed by atoms with Crippen molar-refractivity contribution in [2.24, 2.45) is 12.0 Å². The molecule has 25 heavy (non-hydrogen) atoms. The second kappa shape index (κ2) is 11.8. The zero-order chi connectivity index (χ0) is 17.2. The maximum absolute atomic E-state index is 5.08. The second-order valence-corrected chi connectivity index (χ2v) is 5.50. The van der Waals surface area contributed by atoms with E-state index in [0.717, 1.165) is 37.2 Å². The molecule has 2 rings (SSSR count). The van der Waals surface area contributed by atoms with Crippen LogP contribution in [-0.2, 0) is 24.9 Å². The van der Waals surface area contributed by atoms with Gasteiger partial charge in [0.1, 0.15) is 5.82 Å². The summed E-state index contributed by atoms with van der Waals surface area (Å²) in [7, 11) is 3.66. The normalized spacial score (nSPS) is 11.1. The number of halogens is 1. The van der Waals surface area contributed by atoms with Crippen LogP contribution in [-0.4, -0.2) is 41.0 Å². The third-order valence-corrected chi connectivity index (χ3v) is 3.68. The van der Waals surface area contributed by atoms with Gasteiger partial charge >= 0.3 is 0 Å². The van der Waals surface area contributed by atoms with Crippen molar-refractivity contribution in [2.45, 2.75) is 26.4 Å². The van der Waals surface area contributed by atoms with Gasteiger partial charge in [-0.15, -0.1) is 34.2 Å². The molecule has 0 aliphatic carbocycles. The van der Waals surface area contributed by atoms with E-state index in [4.69, 9.17) is 4.74 Å². The summed E-state index contributed by atoms with van der Waals surface area (Å²) >= 11 is 0. The highest BCUT2D eigenvalue weighted by molar-refractivity contribution is 14.0. The first-order valence-corrected chi connectivity index (χ1v) is 8.10. The van der Waals surface area contributed by atoms with Gasteiger partial charge in [-0.1, -0.05) is 30.3 Å². The van der Waals surface area contributed by atoms with Crippen LogP contribution in [0.1, 0.15) is 23.6 Å². The van der Waals surface area contributed by atoms with Crippen molar-refractivity contribution in [3.05, 3.63) is 47.5 Å². The van der Waals surface area contributed by atoms with Crippen LogP contribution in [0.4, 0.5) is 0 Å². The lowest BCUT2D eigenvalue weighted by Gasteiger charge is -2.12. The van der Waals surface area contributed by atoms with Gasteiger partial charge in [0.15, 0.2) is 11.8 Å². The molecule has 1 aromatic carbocycles. The molecule has 1 heterocycles. The van der Waals surface area contributed by atoms with E-state index in [1.165, 1.54) is 5.56 Å². The van der Waals surface area contributed by atoms with E-state index in [1.807, 2.05) is 36.7 Å². The smallest absolute Gasteiger partial charge is 0.191 e. The van der Waals surface area contributed by atoms with Crippen LogP contribution >= 0.6 is 24.0 Å². The summed E-state index contributed by atoms with van der Waals surface area (Å²) in [6.07, 6.45) is 0.922. The van der Waals surface area contributed by atoms with E-state index in [2.05, 4.69) is 38.0 Å². The third kappa shape index (κ3) is 7.39. The molecule has 2 N–H and O–H groups in total. The van der Waals surface area contributed by atoms with Crippen LogP contribution in [0, 0.1) is 6.92 Å². The highest BCUT2D eigenvalue weighted by Crippen LogP contribution is 2.00. The average Bonchev–Trinajstić information content (AvgIpc) is 2.93. The molecule has 138 valence electrons. The van der Waals surface area contributed by atoms with Gasteiger partial charge < -0.3 is 19.9 Å². The number of methoxy groups -OCH3 is 1. The first kappa shape index (κ1) is 21.4. The van der Waals surface area contributed by atoms with Crippen LogP contribution < -0.4 is 10.6 Å². The van der Waals surface area contributed by atoms with Gasteiger partial charge in [0.05, 0.1) is 13.1 Å². The van der Waals surface area contributed by atoms with E-state index in [9.17, 15) is 0 Å². The van der Waals surface area contributed by atoms with Crippen LogP contribution in [0.15, 0.2) is 35.3 Å². The Hall–Kier alpha value is -1.68. The van der Waals surface area contributed by atoms with Gasteiger partial charge in [-0.2, -0.15) is 0 Å². The Balaban J connectivity index is 0.00000312. The minimum Gasteiger partial charge on any atom is -0.385 e. The molecular formula is C17H27IN6O. The van der Waals surface area contributed by atoms with Crippen molar-refractivity contribution < 1.29 is 4.74 Å². The number of aliphatic imine (C=N–C) groups is 1. The molecule has 0 atom stereocenters. The molecule has 8 heteroatoms. The molecule has 0 radical (unpaired) electrons. The van der Waals surface area contributed by atoms with Gasteiger partial charge in [0.2, 0.25) is 0 Å². The molecule has 0 saturated carbocycles. The standard InChI is InChI=1S/C17H26N6O.HI/c1-14-21-22-16(23(14)2)13-20-17(18-10-7-11-24-3)19-12-15-8-5-4-6-9-15;/h4-6,8-9H,7,10-13H2,1-3H3,(H2,18,19,20);1H. The molecule has 7 nitrogen and oxygen atoms in total. The van der Waals surface area contributed by atoms with E-state index >= 15 is 0 Å². The fourth-order valence-corrected chi connectivity index (χ4v) is 2.12. The maximum Gasteiger partial charge on any atom is 0.191 e. The number of nitrogens with one attached hydrogen (secondary N) is 2. The zero-order valence-corrected chi connectivity index (χ0v) is 17.4. The number of guanidine groups is 1. The van der Waals surface area contributed by atoms with Gasteiger partial charge in [0, 0.05) is 27.3 Å². The van der Waals surface area contributed by atoms with E-state index in [0.29, 0.717) is 13.1 Å². The lowest BCUT2D eigenvalue weighted by atomic mass is 10.2. The molecule has 0 aliphatic heterocycles. The van der Waals surface area contributed by atoms with Crippen molar-refractivity contribution in [1.29, 1.82) is 0 Å². The second-order valence-electron chi connectivity index (χ2n) is 5.50. The summed E-state index contributed by atoms with van der Waals surface area (Å²) in [6, 6.07) is 10.2. The number of benzene rings is 1. The molecule has 0 saturated heterocycles. The molecule has 0 amide bonds. The van der Waals surface area contributed by atoms with Crippen molar-refractivity contribution in [2.75, 3.05) is 20.3 Å². The van der Waals surface area contributed by atoms with Crippen LogP contribution in [0.3, 0.4) is 0 Å². The maximum atomic E-state index is 5.08. The highest BCUT2D eigenvalue weighted by Gasteiger charge is 2.06. The van der Waals surface area contributed by atoms with Gasteiger partial charge in [-0.25, -0.2) is 4.99 Å². The Labute approximate surface area is 166 Å². The molecule has 0 fully saturated rings. The van der Waals surface area contributed by atoms with Crippen molar-refractivity contribution in [3.63, 3.8) is 0 Å².